The van der Waals surface area contributed by atoms with E-state index in [1.807, 2.05) is 12.3 Å². The number of hydrogen-bond acceptors (Lipinski definition) is 4. The predicted octanol–water partition coefficient (Wildman–Crippen LogP) is 4.20. The van der Waals surface area contributed by atoms with Gasteiger partial charge in [-0.1, -0.05) is 11.6 Å². The Bertz CT molecular complexity index is 803. The van der Waals surface area contributed by atoms with Crippen LogP contribution in [-0.2, 0) is 4.79 Å². The van der Waals surface area contributed by atoms with E-state index in [1.54, 1.807) is 23.1 Å². The van der Waals surface area contributed by atoms with Gasteiger partial charge in [-0.2, -0.15) is 0 Å². The third-order valence-corrected chi connectivity index (χ3v) is 6.59. The van der Waals surface area contributed by atoms with Gasteiger partial charge in [-0.15, -0.1) is 11.3 Å². The second-order valence-electron chi connectivity index (χ2n) is 5.98. The first-order chi connectivity index (χ1) is 11.9. The van der Waals surface area contributed by atoms with Gasteiger partial charge >= 0.3 is 0 Å². The van der Waals surface area contributed by atoms with Crippen LogP contribution in [0, 0.1) is 16.4 Å². The summed E-state index contributed by atoms with van der Waals surface area (Å²) in [6, 6.07) is 5.29. The van der Waals surface area contributed by atoms with Gasteiger partial charge in [0.15, 0.2) is 5.13 Å². The summed E-state index contributed by atoms with van der Waals surface area (Å²) in [5.41, 5.74) is 1.54. The molecule has 0 unspecified atom stereocenters. The molecule has 1 aromatic carbocycles. The molecule has 0 saturated carbocycles. The number of hydrogen-bond donors (Lipinski definition) is 1. The molecule has 132 valence electrons. The lowest BCUT2D eigenvalue weighted by Gasteiger charge is -2.31. The third kappa shape index (κ3) is 4.51. The largest absolute Gasteiger partial charge is 0.339 e. The van der Waals surface area contributed by atoms with Crippen LogP contribution in [0.5, 0.6) is 0 Å². The van der Waals surface area contributed by atoms with Crippen molar-refractivity contribution in [2.24, 2.45) is 5.92 Å². The van der Waals surface area contributed by atoms with E-state index in [-0.39, 0.29) is 17.7 Å². The minimum atomic E-state index is -0.0846. The number of benzene rings is 1. The van der Waals surface area contributed by atoms with Gasteiger partial charge < -0.3 is 10.2 Å². The first kappa shape index (κ1) is 18.6. The van der Waals surface area contributed by atoms with Gasteiger partial charge in [-0.3, -0.25) is 9.59 Å². The summed E-state index contributed by atoms with van der Waals surface area (Å²) in [4.78, 5) is 31.0. The number of likely N-dealkylation sites (tertiary alicyclic amines) is 1. The Kier molecular flexibility index (Phi) is 5.96. The molecule has 25 heavy (non-hydrogen) atoms. The van der Waals surface area contributed by atoms with Crippen LogP contribution >= 0.6 is 45.5 Å². The summed E-state index contributed by atoms with van der Waals surface area (Å²) in [7, 11) is 0. The van der Waals surface area contributed by atoms with Crippen molar-refractivity contribution >= 4 is 62.5 Å². The number of nitrogens with one attached hydrogen (secondary N) is 1. The number of anilines is 1. The van der Waals surface area contributed by atoms with Crippen molar-refractivity contribution in [2.45, 2.75) is 19.8 Å². The van der Waals surface area contributed by atoms with Crippen LogP contribution in [0.25, 0.3) is 0 Å². The van der Waals surface area contributed by atoms with Crippen LogP contribution in [0.3, 0.4) is 0 Å². The lowest BCUT2D eigenvalue weighted by molar-refractivity contribution is -0.121. The molecule has 1 aliphatic heterocycles. The number of nitrogens with zero attached hydrogens (tertiary/aromatic N) is 2. The number of rotatable bonds is 3. The Morgan fingerprint density at radius 2 is 2.08 bits per heavy atom. The van der Waals surface area contributed by atoms with Gasteiger partial charge in [0.05, 0.1) is 10.7 Å². The lowest BCUT2D eigenvalue weighted by Crippen LogP contribution is -2.41. The molecule has 5 nitrogen and oxygen atoms in total. The second kappa shape index (κ2) is 8.01. The third-order valence-electron chi connectivity index (χ3n) is 4.17. The molecule has 1 aromatic heterocycles. The van der Waals surface area contributed by atoms with Crippen LogP contribution in [-0.4, -0.2) is 34.8 Å². The van der Waals surface area contributed by atoms with E-state index in [4.69, 9.17) is 11.6 Å². The van der Waals surface area contributed by atoms with E-state index in [9.17, 15) is 9.59 Å². The maximum Gasteiger partial charge on any atom is 0.253 e. The number of piperidine rings is 1. The van der Waals surface area contributed by atoms with Crippen molar-refractivity contribution < 1.29 is 9.59 Å². The Labute approximate surface area is 168 Å². The topological polar surface area (TPSA) is 62.3 Å². The Balaban J connectivity index is 1.56. The molecule has 1 saturated heterocycles. The van der Waals surface area contributed by atoms with E-state index in [0.717, 1.165) is 9.26 Å². The molecule has 1 aliphatic rings. The summed E-state index contributed by atoms with van der Waals surface area (Å²) in [6.45, 7) is 3.05. The summed E-state index contributed by atoms with van der Waals surface area (Å²) < 4.78 is 0.859. The van der Waals surface area contributed by atoms with Gasteiger partial charge in [0.25, 0.3) is 5.91 Å². The highest BCUT2D eigenvalue weighted by atomic mass is 127. The van der Waals surface area contributed by atoms with Gasteiger partial charge in [0, 0.05) is 33.5 Å². The first-order valence-corrected chi connectivity index (χ1v) is 10.2. The molecule has 1 fully saturated rings. The van der Waals surface area contributed by atoms with Gasteiger partial charge in [0.2, 0.25) is 5.91 Å². The van der Waals surface area contributed by atoms with E-state index in [0.29, 0.717) is 41.6 Å². The minimum Gasteiger partial charge on any atom is -0.339 e. The average molecular weight is 490 g/mol. The fourth-order valence-electron chi connectivity index (χ4n) is 2.78. The summed E-state index contributed by atoms with van der Waals surface area (Å²) in [5, 5.41) is 6.06. The van der Waals surface area contributed by atoms with Crippen molar-refractivity contribution in [3.05, 3.63) is 43.4 Å². The van der Waals surface area contributed by atoms with Crippen LogP contribution < -0.4 is 5.32 Å². The second-order valence-corrected chi connectivity index (χ2v) is 8.41. The molecule has 2 aromatic rings. The number of halogens is 2. The van der Waals surface area contributed by atoms with Gasteiger partial charge in [-0.05, 0) is 60.6 Å². The number of carbonyl (C=O) groups is 2. The minimum absolute atomic E-state index is 0.0102. The maximum absolute atomic E-state index is 12.6. The quantitative estimate of drug-likeness (QED) is 0.657. The molecule has 2 heterocycles. The smallest absolute Gasteiger partial charge is 0.253 e. The molecule has 0 aliphatic carbocycles. The highest BCUT2D eigenvalue weighted by molar-refractivity contribution is 14.1. The van der Waals surface area contributed by atoms with E-state index in [1.165, 1.54) is 11.3 Å². The standard InChI is InChI=1S/C17H17ClIN3O2S/c1-10-9-25-17(20-10)21-15(23)11-4-6-22(7-5-11)16(24)12-2-3-13(18)14(19)8-12/h2-3,8-9,11H,4-7H2,1H3,(H,20,21,23). The number of aryl methyl sites for hydroxylation is 1. The maximum atomic E-state index is 12.6. The molecule has 2 amide bonds. The normalized spacial score (nSPS) is 15.2. The number of thiazole rings is 1. The zero-order valence-corrected chi connectivity index (χ0v) is 17.3. The molecule has 3 rings (SSSR count). The van der Waals surface area contributed by atoms with Crippen LogP contribution in [0.15, 0.2) is 23.6 Å². The molecule has 0 atom stereocenters. The summed E-state index contributed by atoms with van der Waals surface area (Å²) >= 11 is 9.56. The number of amides is 2. The van der Waals surface area contributed by atoms with E-state index < -0.39 is 0 Å². The average Bonchev–Trinajstić information content (AvgIpc) is 3.01. The van der Waals surface area contributed by atoms with Gasteiger partial charge in [-0.25, -0.2) is 4.98 Å². The fourth-order valence-corrected chi connectivity index (χ4v) is 4.10. The lowest BCUT2D eigenvalue weighted by atomic mass is 9.95. The molecule has 0 radical (unpaired) electrons. The molecular weight excluding hydrogens is 473 g/mol. The van der Waals surface area contributed by atoms with Crippen molar-refractivity contribution in [3.63, 3.8) is 0 Å². The molecule has 0 bridgehead atoms. The highest BCUT2D eigenvalue weighted by Crippen LogP contribution is 2.24. The van der Waals surface area contributed by atoms with E-state index >= 15 is 0 Å². The molecule has 0 spiro atoms. The molecular formula is C17H17ClIN3O2S. The zero-order chi connectivity index (χ0) is 18.0. The molecule has 1 N–H and O–H groups in total. The van der Waals surface area contributed by atoms with Crippen LogP contribution in [0.2, 0.25) is 5.02 Å². The fraction of sp³-hybridized carbons (Fsp3) is 0.353. The SMILES string of the molecule is Cc1csc(NC(=O)C2CCN(C(=O)c3ccc(Cl)c(I)c3)CC2)n1. The Morgan fingerprint density at radius 1 is 1.36 bits per heavy atom. The van der Waals surface area contributed by atoms with E-state index in [2.05, 4.69) is 32.9 Å². The molecule has 8 heteroatoms. The number of aromatic nitrogens is 1. The summed E-state index contributed by atoms with van der Waals surface area (Å²) in [6.07, 6.45) is 1.32. The van der Waals surface area contributed by atoms with Crippen LogP contribution in [0.4, 0.5) is 5.13 Å². The Hall–Kier alpha value is -1.19. The highest BCUT2D eigenvalue weighted by Gasteiger charge is 2.28. The van der Waals surface area contributed by atoms with Crippen molar-refractivity contribution in [2.75, 3.05) is 18.4 Å². The van der Waals surface area contributed by atoms with Crippen molar-refractivity contribution in [1.29, 1.82) is 0 Å². The van der Waals surface area contributed by atoms with Gasteiger partial charge in [0.1, 0.15) is 0 Å². The van der Waals surface area contributed by atoms with Crippen molar-refractivity contribution in [3.8, 4) is 0 Å². The van der Waals surface area contributed by atoms with Crippen LogP contribution in [0.1, 0.15) is 28.9 Å². The Morgan fingerprint density at radius 3 is 2.68 bits per heavy atom. The number of carbonyl (C=O) groups excluding carboxylic acids is 2. The predicted molar refractivity (Wildman–Crippen MR) is 108 cm³/mol. The van der Waals surface area contributed by atoms with Crippen molar-refractivity contribution in [1.82, 2.24) is 9.88 Å². The zero-order valence-electron chi connectivity index (χ0n) is 13.6. The first-order valence-electron chi connectivity index (χ1n) is 7.91. The summed E-state index contributed by atoms with van der Waals surface area (Å²) in [5.74, 6) is -0.106. The monoisotopic (exact) mass is 489 g/mol.